The SMILES string of the molecule is CC(C(=O)O)=C(C)C(=O)Nc1cc(Cl)cc(Cl)c1. The van der Waals surface area contributed by atoms with Crippen molar-refractivity contribution in [1.82, 2.24) is 0 Å². The summed E-state index contributed by atoms with van der Waals surface area (Å²) in [5.41, 5.74) is 0.522. The van der Waals surface area contributed by atoms with Crippen LogP contribution in [0.25, 0.3) is 0 Å². The maximum atomic E-state index is 11.8. The zero-order valence-electron chi connectivity index (χ0n) is 9.75. The van der Waals surface area contributed by atoms with Crippen LogP contribution in [0.5, 0.6) is 0 Å². The Labute approximate surface area is 114 Å². The predicted octanol–water partition coefficient (Wildman–Crippen LogP) is 3.35. The van der Waals surface area contributed by atoms with E-state index in [1.165, 1.54) is 32.0 Å². The van der Waals surface area contributed by atoms with E-state index in [0.717, 1.165) is 0 Å². The molecular formula is C12H11Cl2NO3. The summed E-state index contributed by atoms with van der Waals surface area (Å²) < 4.78 is 0. The molecule has 0 radical (unpaired) electrons. The van der Waals surface area contributed by atoms with Crippen molar-refractivity contribution in [2.45, 2.75) is 13.8 Å². The van der Waals surface area contributed by atoms with E-state index in [2.05, 4.69) is 5.32 Å². The van der Waals surface area contributed by atoms with Crippen molar-refractivity contribution in [2.24, 2.45) is 0 Å². The van der Waals surface area contributed by atoms with E-state index >= 15 is 0 Å². The highest BCUT2D eigenvalue weighted by Crippen LogP contribution is 2.23. The fourth-order valence-corrected chi connectivity index (χ4v) is 1.71. The number of rotatable bonds is 3. The number of aliphatic carboxylic acids is 1. The second kappa shape index (κ2) is 5.89. The highest BCUT2D eigenvalue weighted by molar-refractivity contribution is 6.35. The lowest BCUT2D eigenvalue weighted by atomic mass is 10.1. The molecule has 0 bridgehead atoms. The molecule has 0 fully saturated rings. The van der Waals surface area contributed by atoms with Gasteiger partial charge in [-0.2, -0.15) is 0 Å². The first-order valence-electron chi connectivity index (χ1n) is 4.99. The normalized spacial score (nSPS) is 11.8. The van der Waals surface area contributed by atoms with E-state index < -0.39 is 11.9 Å². The van der Waals surface area contributed by atoms with Crippen molar-refractivity contribution in [1.29, 1.82) is 0 Å². The summed E-state index contributed by atoms with van der Waals surface area (Å²) in [6.45, 7) is 2.80. The van der Waals surface area contributed by atoms with Crippen LogP contribution in [0.4, 0.5) is 5.69 Å². The predicted molar refractivity (Wildman–Crippen MR) is 71.1 cm³/mol. The first-order valence-corrected chi connectivity index (χ1v) is 5.75. The summed E-state index contributed by atoms with van der Waals surface area (Å²) >= 11 is 11.6. The Kier molecular flexibility index (Phi) is 4.76. The number of carboxylic acids is 1. The monoisotopic (exact) mass is 287 g/mol. The number of amides is 1. The van der Waals surface area contributed by atoms with Crippen LogP contribution in [0, 0.1) is 0 Å². The van der Waals surface area contributed by atoms with Crippen molar-refractivity contribution < 1.29 is 14.7 Å². The van der Waals surface area contributed by atoms with E-state index in [9.17, 15) is 9.59 Å². The Balaban J connectivity index is 2.95. The van der Waals surface area contributed by atoms with Gasteiger partial charge in [-0.15, -0.1) is 0 Å². The minimum Gasteiger partial charge on any atom is -0.478 e. The molecule has 1 rings (SSSR count). The molecule has 0 unspecified atom stereocenters. The summed E-state index contributed by atoms with van der Waals surface area (Å²) in [6, 6.07) is 4.58. The molecular weight excluding hydrogens is 277 g/mol. The summed E-state index contributed by atoms with van der Waals surface area (Å²) in [5, 5.41) is 12.1. The van der Waals surface area contributed by atoms with Gasteiger partial charge in [0.1, 0.15) is 0 Å². The number of benzene rings is 1. The van der Waals surface area contributed by atoms with E-state index in [-0.39, 0.29) is 11.1 Å². The Hall–Kier alpha value is -1.52. The first-order chi connectivity index (χ1) is 8.31. The van der Waals surface area contributed by atoms with E-state index in [0.29, 0.717) is 15.7 Å². The van der Waals surface area contributed by atoms with Crippen LogP contribution in [0.2, 0.25) is 10.0 Å². The Morgan fingerprint density at radius 2 is 1.56 bits per heavy atom. The zero-order valence-corrected chi connectivity index (χ0v) is 11.3. The van der Waals surface area contributed by atoms with Crippen LogP contribution in [0.1, 0.15) is 13.8 Å². The number of halogens is 2. The summed E-state index contributed by atoms with van der Waals surface area (Å²) in [5.74, 6) is -1.64. The molecule has 0 aliphatic rings. The van der Waals surface area contributed by atoms with E-state index in [4.69, 9.17) is 28.3 Å². The second-order valence-corrected chi connectivity index (χ2v) is 4.54. The molecule has 0 aromatic heterocycles. The van der Waals surface area contributed by atoms with Crippen LogP contribution >= 0.6 is 23.2 Å². The molecule has 0 aliphatic heterocycles. The zero-order chi connectivity index (χ0) is 13.9. The fourth-order valence-electron chi connectivity index (χ4n) is 1.18. The molecule has 1 aromatic rings. The molecule has 1 aromatic carbocycles. The molecule has 0 spiro atoms. The van der Waals surface area contributed by atoms with Crippen LogP contribution in [-0.2, 0) is 9.59 Å². The number of nitrogens with one attached hydrogen (secondary N) is 1. The molecule has 1 amide bonds. The Bertz CT molecular complexity index is 518. The minimum absolute atomic E-state index is 0.0133. The number of hydrogen-bond acceptors (Lipinski definition) is 2. The average molecular weight is 288 g/mol. The van der Waals surface area contributed by atoms with Gasteiger partial charge in [0, 0.05) is 26.9 Å². The molecule has 0 atom stereocenters. The van der Waals surface area contributed by atoms with Gasteiger partial charge in [0.05, 0.1) is 0 Å². The molecule has 4 nitrogen and oxygen atoms in total. The minimum atomic E-state index is -1.13. The number of carbonyl (C=O) groups excluding carboxylic acids is 1. The van der Waals surface area contributed by atoms with Crippen LogP contribution in [-0.4, -0.2) is 17.0 Å². The standard InChI is InChI=1S/C12H11Cl2NO3/c1-6(7(2)12(17)18)11(16)15-10-4-8(13)3-9(14)5-10/h3-5H,1-2H3,(H,15,16)(H,17,18). The van der Waals surface area contributed by atoms with Crippen molar-refractivity contribution in [3.8, 4) is 0 Å². The molecule has 0 heterocycles. The summed E-state index contributed by atoms with van der Waals surface area (Å²) in [7, 11) is 0. The van der Waals surface area contributed by atoms with Gasteiger partial charge in [0.2, 0.25) is 0 Å². The van der Waals surface area contributed by atoms with Crippen molar-refractivity contribution >= 4 is 40.8 Å². The number of hydrogen-bond donors (Lipinski definition) is 2. The highest BCUT2D eigenvalue weighted by Gasteiger charge is 2.13. The molecule has 18 heavy (non-hydrogen) atoms. The Morgan fingerprint density at radius 1 is 1.06 bits per heavy atom. The number of anilines is 1. The molecule has 96 valence electrons. The third kappa shape index (κ3) is 3.75. The molecule has 0 saturated heterocycles. The largest absolute Gasteiger partial charge is 0.478 e. The third-order valence-electron chi connectivity index (χ3n) is 2.34. The van der Waals surface area contributed by atoms with Crippen molar-refractivity contribution in [3.63, 3.8) is 0 Å². The lowest BCUT2D eigenvalue weighted by molar-refractivity contribution is -0.133. The van der Waals surface area contributed by atoms with Crippen LogP contribution in [0.15, 0.2) is 29.3 Å². The average Bonchev–Trinajstić information content (AvgIpc) is 2.25. The van der Waals surface area contributed by atoms with Gasteiger partial charge in [0.15, 0.2) is 0 Å². The highest BCUT2D eigenvalue weighted by atomic mass is 35.5. The summed E-state index contributed by atoms with van der Waals surface area (Å²) in [4.78, 5) is 22.5. The van der Waals surface area contributed by atoms with Crippen molar-refractivity contribution in [3.05, 3.63) is 39.4 Å². The van der Waals surface area contributed by atoms with Gasteiger partial charge in [0.25, 0.3) is 5.91 Å². The topological polar surface area (TPSA) is 66.4 Å². The second-order valence-electron chi connectivity index (χ2n) is 3.67. The fraction of sp³-hybridized carbons (Fsp3) is 0.167. The quantitative estimate of drug-likeness (QED) is 0.838. The molecule has 2 N–H and O–H groups in total. The van der Waals surface area contributed by atoms with Gasteiger partial charge in [-0.3, -0.25) is 4.79 Å². The first kappa shape index (κ1) is 14.5. The van der Waals surface area contributed by atoms with Gasteiger partial charge in [-0.1, -0.05) is 23.2 Å². The van der Waals surface area contributed by atoms with Crippen molar-refractivity contribution in [2.75, 3.05) is 5.32 Å². The Morgan fingerprint density at radius 3 is 2.00 bits per heavy atom. The maximum Gasteiger partial charge on any atom is 0.331 e. The van der Waals surface area contributed by atoms with Crippen LogP contribution in [0.3, 0.4) is 0 Å². The molecule has 6 heteroatoms. The third-order valence-corrected chi connectivity index (χ3v) is 2.78. The lowest BCUT2D eigenvalue weighted by Crippen LogP contribution is -2.16. The lowest BCUT2D eigenvalue weighted by Gasteiger charge is -2.07. The van der Waals surface area contributed by atoms with Gasteiger partial charge >= 0.3 is 5.97 Å². The number of carbonyl (C=O) groups is 2. The molecule has 0 saturated carbocycles. The van der Waals surface area contributed by atoms with Gasteiger partial charge < -0.3 is 10.4 Å². The molecule has 0 aliphatic carbocycles. The smallest absolute Gasteiger partial charge is 0.331 e. The van der Waals surface area contributed by atoms with Gasteiger partial charge in [-0.25, -0.2) is 4.79 Å². The summed E-state index contributed by atoms with van der Waals surface area (Å²) in [6.07, 6.45) is 0. The van der Waals surface area contributed by atoms with Gasteiger partial charge in [-0.05, 0) is 32.0 Å². The van der Waals surface area contributed by atoms with Crippen LogP contribution < -0.4 is 5.32 Å². The number of carboxylic acid groups (broad SMARTS) is 1. The van der Waals surface area contributed by atoms with E-state index in [1.807, 2.05) is 0 Å². The maximum absolute atomic E-state index is 11.8. The van der Waals surface area contributed by atoms with E-state index in [1.54, 1.807) is 0 Å².